The molecule has 1 aromatic heterocycles. The minimum Gasteiger partial charge on any atom is -0.321 e. The highest BCUT2D eigenvalue weighted by molar-refractivity contribution is 7.90. The van der Waals surface area contributed by atoms with E-state index in [1.165, 1.54) is 23.5 Å². The summed E-state index contributed by atoms with van der Waals surface area (Å²) in [7, 11) is -3.75. The molecule has 1 amide bonds. The number of nitrogens with zero attached hydrogens (tertiary/aromatic N) is 2. The average molecular weight is 441 g/mol. The van der Waals surface area contributed by atoms with Gasteiger partial charge in [0.25, 0.3) is 15.9 Å². The zero-order valence-electron chi connectivity index (χ0n) is 16.3. The van der Waals surface area contributed by atoms with Crippen molar-refractivity contribution in [2.75, 3.05) is 11.9 Å². The van der Waals surface area contributed by atoms with Gasteiger partial charge in [0.2, 0.25) is 0 Å². The number of thiazole rings is 1. The molecule has 1 aliphatic heterocycles. The Hall–Kier alpha value is -3.04. The molecule has 0 bridgehead atoms. The van der Waals surface area contributed by atoms with Crippen molar-refractivity contribution in [1.29, 1.82) is 0 Å². The van der Waals surface area contributed by atoms with Crippen LogP contribution in [0.5, 0.6) is 0 Å². The predicted molar refractivity (Wildman–Crippen MR) is 119 cm³/mol. The molecule has 30 heavy (non-hydrogen) atoms. The fraction of sp³-hybridized carbons (Fsp3) is 0.190. The van der Waals surface area contributed by atoms with Crippen molar-refractivity contribution < 1.29 is 13.2 Å². The van der Waals surface area contributed by atoms with E-state index in [-0.39, 0.29) is 10.6 Å². The number of rotatable bonds is 5. The highest BCUT2D eigenvalue weighted by Gasteiger charge is 2.19. The van der Waals surface area contributed by atoms with Gasteiger partial charge in [0.05, 0.1) is 4.90 Å². The second kappa shape index (κ2) is 8.37. The largest absolute Gasteiger partial charge is 0.321 e. The van der Waals surface area contributed by atoms with Crippen LogP contribution in [0, 0.1) is 6.92 Å². The first-order chi connectivity index (χ1) is 14.4. The Morgan fingerprint density at radius 3 is 2.67 bits per heavy atom. The van der Waals surface area contributed by atoms with E-state index in [0.717, 1.165) is 22.6 Å². The molecule has 0 atom stereocenters. The first-order valence-electron chi connectivity index (χ1n) is 9.41. The summed E-state index contributed by atoms with van der Waals surface area (Å²) in [6.07, 6.45) is 1.45. The molecule has 4 rings (SSSR count). The van der Waals surface area contributed by atoms with E-state index in [9.17, 15) is 13.2 Å². The van der Waals surface area contributed by atoms with Gasteiger partial charge in [-0.2, -0.15) is 0 Å². The summed E-state index contributed by atoms with van der Waals surface area (Å²) in [5.41, 5.74) is 2.75. The van der Waals surface area contributed by atoms with Gasteiger partial charge < -0.3 is 5.32 Å². The van der Waals surface area contributed by atoms with Crippen molar-refractivity contribution in [2.45, 2.75) is 24.7 Å². The summed E-state index contributed by atoms with van der Waals surface area (Å²) in [6.45, 7) is 2.64. The lowest BCUT2D eigenvalue weighted by atomic mass is 10.2. The Morgan fingerprint density at radius 1 is 1.13 bits per heavy atom. The van der Waals surface area contributed by atoms with Crippen LogP contribution in [0.4, 0.5) is 5.69 Å². The lowest BCUT2D eigenvalue weighted by Crippen LogP contribution is -2.29. The van der Waals surface area contributed by atoms with E-state index in [1.54, 1.807) is 17.5 Å². The Bertz CT molecular complexity index is 1220. The van der Waals surface area contributed by atoms with Crippen LogP contribution in [0.25, 0.3) is 10.6 Å². The lowest BCUT2D eigenvalue weighted by Gasteiger charge is -2.09. The normalized spacial score (nSPS) is 13.7. The zero-order chi connectivity index (χ0) is 21.1. The van der Waals surface area contributed by atoms with Gasteiger partial charge in [0.1, 0.15) is 16.5 Å². The molecule has 0 spiro atoms. The number of benzene rings is 2. The predicted octanol–water partition coefficient (Wildman–Crippen LogP) is 3.84. The number of aliphatic imine (C=N–C) groups is 1. The van der Waals surface area contributed by atoms with Crippen LogP contribution in [0.3, 0.4) is 0 Å². The maximum absolute atomic E-state index is 12.6. The van der Waals surface area contributed by atoms with Gasteiger partial charge in [0.15, 0.2) is 0 Å². The third-order valence-corrected chi connectivity index (χ3v) is 6.83. The number of sulfonamides is 1. The maximum Gasteiger partial charge on any atom is 0.275 e. The molecule has 154 valence electrons. The average Bonchev–Trinajstić information content (AvgIpc) is 3.41. The van der Waals surface area contributed by atoms with Crippen molar-refractivity contribution in [2.24, 2.45) is 4.99 Å². The number of nitrogens with one attached hydrogen (secondary N) is 2. The molecule has 0 unspecified atom stereocenters. The van der Waals surface area contributed by atoms with E-state index >= 15 is 0 Å². The van der Waals surface area contributed by atoms with Crippen molar-refractivity contribution in [3.63, 3.8) is 0 Å². The van der Waals surface area contributed by atoms with Crippen molar-refractivity contribution in [3.05, 3.63) is 65.2 Å². The second-order valence-corrected chi connectivity index (χ2v) is 9.46. The molecule has 1 aliphatic rings. The maximum atomic E-state index is 12.6. The summed E-state index contributed by atoms with van der Waals surface area (Å²) in [5, 5.41) is 5.15. The Balaban J connectivity index is 1.49. The monoisotopic (exact) mass is 440 g/mol. The summed E-state index contributed by atoms with van der Waals surface area (Å²) in [4.78, 5) is 21.2. The number of aromatic nitrogens is 1. The molecule has 0 saturated heterocycles. The molecule has 0 fully saturated rings. The minimum absolute atomic E-state index is 0.0634. The fourth-order valence-corrected chi connectivity index (χ4v) is 4.92. The number of amidine groups is 1. The summed E-state index contributed by atoms with van der Waals surface area (Å²) >= 11 is 1.38. The van der Waals surface area contributed by atoms with Crippen molar-refractivity contribution >= 4 is 38.8 Å². The van der Waals surface area contributed by atoms with Gasteiger partial charge in [-0.3, -0.25) is 14.5 Å². The molecule has 2 aromatic carbocycles. The van der Waals surface area contributed by atoms with Gasteiger partial charge in [0, 0.05) is 29.6 Å². The van der Waals surface area contributed by atoms with E-state index in [2.05, 4.69) is 20.0 Å². The molecule has 9 heteroatoms. The van der Waals surface area contributed by atoms with Crippen LogP contribution < -0.4 is 10.0 Å². The Morgan fingerprint density at radius 2 is 1.93 bits per heavy atom. The number of hydrogen-bond acceptors (Lipinski definition) is 6. The molecular formula is C21H20N4O3S2. The standard InChI is InChI=1S/C21H20N4O3S2/c1-14-7-9-15(10-8-14)21-24-18(13-29-21)20(26)23-16-4-2-5-17(12-16)30(27,28)25-19-6-3-11-22-19/h2,4-5,7-10,12-13H,3,6,11H2,1H3,(H,22,25)(H,23,26). The number of anilines is 1. The molecule has 0 aliphatic carbocycles. The lowest BCUT2D eigenvalue weighted by molar-refractivity contribution is 0.102. The van der Waals surface area contributed by atoms with E-state index in [0.29, 0.717) is 24.5 Å². The number of carbonyl (C=O) groups excluding carboxylic acids is 1. The molecule has 2 N–H and O–H groups in total. The van der Waals surface area contributed by atoms with Gasteiger partial charge in [-0.1, -0.05) is 35.9 Å². The third-order valence-electron chi connectivity index (χ3n) is 4.56. The third kappa shape index (κ3) is 4.58. The van der Waals surface area contributed by atoms with Crippen LogP contribution in [-0.4, -0.2) is 31.7 Å². The van der Waals surface area contributed by atoms with Crippen molar-refractivity contribution in [3.8, 4) is 10.6 Å². The Kier molecular flexibility index (Phi) is 5.65. The van der Waals surface area contributed by atoms with Crippen molar-refractivity contribution in [1.82, 2.24) is 9.71 Å². The molecule has 7 nitrogen and oxygen atoms in total. The zero-order valence-corrected chi connectivity index (χ0v) is 17.9. The summed E-state index contributed by atoms with van der Waals surface area (Å²) < 4.78 is 27.6. The van der Waals surface area contributed by atoms with E-state index in [4.69, 9.17) is 0 Å². The highest BCUT2D eigenvalue weighted by atomic mass is 32.2. The highest BCUT2D eigenvalue weighted by Crippen LogP contribution is 2.25. The van der Waals surface area contributed by atoms with Gasteiger partial charge >= 0.3 is 0 Å². The van der Waals surface area contributed by atoms with Crippen LogP contribution in [0.15, 0.2) is 63.8 Å². The molecule has 0 radical (unpaired) electrons. The minimum atomic E-state index is -3.75. The summed E-state index contributed by atoms with van der Waals surface area (Å²) in [6, 6.07) is 14.0. The molecule has 2 heterocycles. The van der Waals surface area contributed by atoms with Gasteiger partial charge in [-0.25, -0.2) is 13.4 Å². The number of carbonyl (C=O) groups is 1. The topological polar surface area (TPSA) is 101 Å². The van der Waals surface area contributed by atoms with E-state index < -0.39 is 15.9 Å². The van der Waals surface area contributed by atoms with Crippen LogP contribution in [0.1, 0.15) is 28.9 Å². The number of hydrogen-bond donors (Lipinski definition) is 2. The van der Waals surface area contributed by atoms with Gasteiger partial charge in [-0.15, -0.1) is 11.3 Å². The van der Waals surface area contributed by atoms with Crippen LogP contribution in [0.2, 0.25) is 0 Å². The molecule has 3 aromatic rings. The Labute approximate surface area is 179 Å². The number of aryl methyl sites for hydroxylation is 1. The molecular weight excluding hydrogens is 420 g/mol. The smallest absolute Gasteiger partial charge is 0.275 e. The van der Waals surface area contributed by atoms with Gasteiger partial charge in [-0.05, 0) is 31.5 Å². The first kappa shape index (κ1) is 20.2. The quantitative estimate of drug-likeness (QED) is 0.629. The second-order valence-electron chi connectivity index (χ2n) is 6.92. The molecule has 0 saturated carbocycles. The van der Waals surface area contributed by atoms with Crippen LogP contribution in [-0.2, 0) is 10.0 Å². The summed E-state index contributed by atoms with van der Waals surface area (Å²) in [5.74, 6) is 0.0721. The fourth-order valence-electron chi connectivity index (χ4n) is 2.98. The SMILES string of the molecule is Cc1ccc(-c2nc(C(=O)Nc3cccc(S(=O)(=O)NC4=NCCC4)c3)cs2)cc1. The van der Waals surface area contributed by atoms with E-state index in [1.807, 2.05) is 31.2 Å². The van der Waals surface area contributed by atoms with Crippen LogP contribution >= 0.6 is 11.3 Å². The first-order valence-corrected chi connectivity index (χ1v) is 11.8. The number of amides is 1.